The summed E-state index contributed by atoms with van der Waals surface area (Å²) in [5.74, 6) is -3.93. The summed E-state index contributed by atoms with van der Waals surface area (Å²) < 4.78 is 40.5. The lowest BCUT2D eigenvalue weighted by Crippen LogP contribution is -2.60. The summed E-state index contributed by atoms with van der Waals surface area (Å²) in [6.45, 7) is 8.65. The molecule has 0 aromatic carbocycles. The Kier molecular flexibility index (Phi) is 6.21. The molecule has 2 aromatic heterocycles. The molecule has 2 aliphatic rings. The zero-order valence-corrected chi connectivity index (χ0v) is 21.0. The minimum absolute atomic E-state index is 0.0507. The molecule has 1 saturated carbocycles. The number of likely N-dealkylation sites (tertiary alicyclic amines) is 1. The highest BCUT2D eigenvalue weighted by Crippen LogP contribution is 2.65. The van der Waals surface area contributed by atoms with Crippen LogP contribution in [-0.2, 0) is 14.4 Å². The topological polar surface area (TPSA) is 132 Å². The van der Waals surface area contributed by atoms with Gasteiger partial charge in [0.15, 0.2) is 6.04 Å². The molecule has 198 valence electrons. The molecule has 4 rings (SSSR count). The molecule has 37 heavy (non-hydrogen) atoms. The molecule has 0 bridgehead atoms. The van der Waals surface area contributed by atoms with E-state index in [-0.39, 0.29) is 29.5 Å². The lowest BCUT2D eigenvalue weighted by molar-refractivity contribution is -0.176. The largest absolute Gasteiger partial charge is 0.471 e. The summed E-state index contributed by atoms with van der Waals surface area (Å²) in [6.07, 6.45) is -0.603. The molecule has 13 heteroatoms. The number of aromatic nitrogens is 3. The van der Waals surface area contributed by atoms with E-state index in [1.165, 1.54) is 42.6 Å². The van der Waals surface area contributed by atoms with E-state index in [2.05, 4.69) is 15.4 Å². The summed E-state index contributed by atoms with van der Waals surface area (Å²) in [5, 5.41) is 18.3. The van der Waals surface area contributed by atoms with E-state index in [0.29, 0.717) is 5.52 Å². The highest BCUT2D eigenvalue weighted by Gasteiger charge is 2.70. The quantitative estimate of drug-likeness (QED) is 0.621. The fourth-order valence-electron chi connectivity index (χ4n) is 5.22. The third-order valence-electron chi connectivity index (χ3n) is 7.42. The van der Waals surface area contributed by atoms with Gasteiger partial charge >= 0.3 is 12.1 Å². The van der Waals surface area contributed by atoms with Crippen LogP contribution in [0.2, 0.25) is 0 Å². The van der Waals surface area contributed by atoms with E-state index in [0.717, 1.165) is 0 Å². The lowest BCUT2D eigenvalue weighted by atomic mass is 9.85. The third kappa shape index (κ3) is 4.72. The first-order chi connectivity index (χ1) is 17.1. The summed E-state index contributed by atoms with van der Waals surface area (Å²) in [6, 6.07) is 0.0166. The number of piperidine rings is 1. The molecule has 3 amide bonds. The Labute approximate surface area is 211 Å². The molecule has 2 aromatic rings. The van der Waals surface area contributed by atoms with Crippen molar-refractivity contribution in [2.24, 2.45) is 22.7 Å². The van der Waals surface area contributed by atoms with Crippen LogP contribution < -0.4 is 10.6 Å². The molecule has 10 nitrogen and oxygen atoms in total. The monoisotopic (exact) mass is 519 g/mol. The normalized spacial score (nSPS) is 24.1. The van der Waals surface area contributed by atoms with Crippen molar-refractivity contribution in [2.45, 2.75) is 58.9 Å². The smallest absolute Gasteiger partial charge is 0.336 e. The van der Waals surface area contributed by atoms with Crippen molar-refractivity contribution in [3.63, 3.8) is 0 Å². The zero-order chi connectivity index (χ0) is 27.5. The van der Waals surface area contributed by atoms with Crippen molar-refractivity contribution in [1.82, 2.24) is 30.1 Å². The van der Waals surface area contributed by atoms with E-state index >= 15 is 0 Å². The molecule has 3 heterocycles. The van der Waals surface area contributed by atoms with Crippen LogP contribution in [-0.4, -0.2) is 62.0 Å². The molecule has 5 atom stereocenters. The van der Waals surface area contributed by atoms with Crippen LogP contribution in [0.25, 0.3) is 5.52 Å². The van der Waals surface area contributed by atoms with Gasteiger partial charge in [-0.2, -0.15) is 23.5 Å². The van der Waals surface area contributed by atoms with Gasteiger partial charge in [0.1, 0.15) is 12.1 Å². The minimum Gasteiger partial charge on any atom is -0.336 e. The van der Waals surface area contributed by atoms with E-state index in [1.807, 2.05) is 25.2 Å². The predicted molar refractivity (Wildman–Crippen MR) is 123 cm³/mol. The van der Waals surface area contributed by atoms with Crippen molar-refractivity contribution in [1.29, 1.82) is 5.26 Å². The number of rotatable bonds is 5. The highest BCUT2D eigenvalue weighted by molar-refractivity contribution is 5.95. The van der Waals surface area contributed by atoms with Crippen molar-refractivity contribution >= 4 is 23.2 Å². The zero-order valence-electron chi connectivity index (χ0n) is 21.0. The van der Waals surface area contributed by atoms with Gasteiger partial charge in [0, 0.05) is 6.54 Å². The second-order valence-corrected chi connectivity index (χ2v) is 11.2. The van der Waals surface area contributed by atoms with Crippen LogP contribution in [0, 0.1) is 34.0 Å². The Morgan fingerprint density at radius 3 is 2.49 bits per heavy atom. The van der Waals surface area contributed by atoms with Crippen LogP contribution >= 0.6 is 0 Å². The van der Waals surface area contributed by atoms with Gasteiger partial charge in [0.25, 0.3) is 0 Å². The average molecular weight is 520 g/mol. The maximum absolute atomic E-state index is 13.6. The molecule has 1 saturated heterocycles. The van der Waals surface area contributed by atoms with E-state index in [9.17, 15) is 32.8 Å². The van der Waals surface area contributed by atoms with Crippen molar-refractivity contribution in [3.05, 3.63) is 30.4 Å². The SMILES string of the molecule is CC(C)(C)[C@H](NC(=O)C(F)(F)F)C(=O)N1C[C@H]2[C@@H]([C@H]1C(=O)NC(C#N)c1cn3nccc3cn1)C2(C)C. The van der Waals surface area contributed by atoms with Gasteiger partial charge < -0.3 is 15.5 Å². The molecule has 1 aliphatic carbocycles. The van der Waals surface area contributed by atoms with Crippen LogP contribution in [0.3, 0.4) is 0 Å². The Morgan fingerprint density at radius 1 is 1.22 bits per heavy atom. The van der Waals surface area contributed by atoms with Gasteiger partial charge in [-0.1, -0.05) is 34.6 Å². The summed E-state index contributed by atoms with van der Waals surface area (Å²) in [5.41, 5.74) is -0.422. The lowest BCUT2D eigenvalue weighted by Gasteiger charge is -2.37. The summed E-state index contributed by atoms with van der Waals surface area (Å²) in [7, 11) is 0. The van der Waals surface area contributed by atoms with Gasteiger partial charge in [-0.15, -0.1) is 0 Å². The Balaban J connectivity index is 1.60. The summed E-state index contributed by atoms with van der Waals surface area (Å²) >= 11 is 0. The molecule has 1 aliphatic heterocycles. The number of nitrogens with one attached hydrogen (secondary N) is 2. The third-order valence-corrected chi connectivity index (χ3v) is 7.42. The number of hydrogen-bond acceptors (Lipinski definition) is 6. The number of nitriles is 1. The number of hydrogen-bond donors (Lipinski definition) is 2. The van der Waals surface area contributed by atoms with Crippen LogP contribution in [0.4, 0.5) is 13.2 Å². The van der Waals surface area contributed by atoms with Gasteiger partial charge in [-0.05, 0) is 28.7 Å². The van der Waals surface area contributed by atoms with E-state index in [4.69, 9.17) is 0 Å². The van der Waals surface area contributed by atoms with Gasteiger partial charge in [-0.25, -0.2) is 4.52 Å². The highest BCUT2D eigenvalue weighted by atomic mass is 19.4. The second kappa shape index (κ2) is 8.71. The first kappa shape index (κ1) is 26.4. The number of halogens is 3. The predicted octanol–water partition coefficient (Wildman–Crippen LogP) is 1.99. The number of nitrogens with zero attached hydrogens (tertiary/aromatic N) is 5. The molecule has 0 radical (unpaired) electrons. The molecule has 2 fully saturated rings. The standard InChI is InChI=1S/C24H28F3N7O3/c1-22(2,3)18(32-21(37)24(25,26)27)20(36)33-10-13-16(23(13,4)5)17(33)19(35)31-14(8-28)15-11-34-12(9-29-15)6-7-30-34/h6-7,9,11,13-14,16-18H,10H2,1-5H3,(H,31,35)(H,32,37)/t13-,14?,16-,17-,18+/m0/s1. The first-order valence-electron chi connectivity index (χ1n) is 11.7. The molecule has 2 N–H and O–H groups in total. The molecule has 1 unspecified atom stereocenters. The first-order valence-corrected chi connectivity index (χ1v) is 11.7. The van der Waals surface area contributed by atoms with E-state index < -0.39 is 47.4 Å². The van der Waals surface area contributed by atoms with Crippen molar-refractivity contribution < 1.29 is 27.6 Å². The molecule has 0 spiro atoms. The Hall–Kier alpha value is -3.69. The Morgan fingerprint density at radius 2 is 1.89 bits per heavy atom. The fraction of sp³-hybridized carbons (Fsp3) is 0.583. The maximum atomic E-state index is 13.6. The van der Waals surface area contributed by atoms with Crippen LogP contribution in [0.5, 0.6) is 0 Å². The van der Waals surface area contributed by atoms with Crippen LogP contribution in [0.1, 0.15) is 46.4 Å². The Bertz CT molecular complexity index is 1290. The van der Waals surface area contributed by atoms with Crippen LogP contribution in [0.15, 0.2) is 24.7 Å². The second-order valence-electron chi connectivity index (χ2n) is 11.2. The number of fused-ring (bicyclic) bond motifs is 2. The van der Waals surface area contributed by atoms with Crippen molar-refractivity contribution in [2.75, 3.05) is 6.54 Å². The number of alkyl halides is 3. The number of carbonyl (C=O) groups is 3. The molecular formula is C24H28F3N7O3. The number of carbonyl (C=O) groups excluding carboxylic acids is 3. The van der Waals surface area contributed by atoms with Gasteiger partial charge in [-0.3, -0.25) is 19.4 Å². The molecular weight excluding hydrogens is 491 g/mol. The van der Waals surface area contributed by atoms with Gasteiger partial charge in [0.05, 0.1) is 35.9 Å². The van der Waals surface area contributed by atoms with Crippen molar-refractivity contribution in [3.8, 4) is 6.07 Å². The fourth-order valence-corrected chi connectivity index (χ4v) is 5.22. The summed E-state index contributed by atoms with van der Waals surface area (Å²) in [4.78, 5) is 44.3. The maximum Gasteiger partial charge on any atom is 0.471 e. The van der Waals surface area contributed by atoms with Gasteiger partial charge in [0.2, 0.25) is 11.8 Å². The minimum atomic E-state index is -5.17. The number of amides is 3. The van der Waals surface area contributed by atoms with E-state index in [1.54, 1.807) is 12.3 Å². The average Bonchev–Trinajstić information content (AvgIpc) is 3.21.